The van der Waals surface area contributed by atoms with Gasteiger partial charge in [-0.2, -0.15) is 6.54 Å². The van der Waals surface area contributed by atoms with Crippen LogP contribution in [0.5, 0.6) is 0 Å². The first kappa shape index (κ1) is 19.0. The normalized spacial score (nSPS) is 15.2. The Morgan fingerprint density at radius 1 is 0.938 bits per heavy atom. The van der Waals surface area contributed by atoms with E-state index in [1.54, 1.807) is 0 Å². The SMILES string of the molecule is CCCCCCCC[NH-].[Ag+].[NH-]C1CCCC1. The van der Waals surface area contributed by atoms with Crippen LogP contribution in [0.4, 0.5) is 0 Å². The molecule has 1 rings (SSSR count). The van der Waals surface area contributed by atoms with E-state index < -0.39 is 0 Å². The first-order chi connectivity index (χ1) is 7.31. The molecule has 0 bridgehead atoms. The maximum Gasteiger partial charge on any atom is 1.00 e. The van der Waals surface area contributed by atoms with Crippen molar-refractivity contribution in [3.05, 3.63) is 11.5 Å². The second kappa shape index (κ2) is 15.7. The molecule has 0 spiro atoms. The van der Waals surface area contributed by atoms with Crippen molar-refractivity contribution in [1.82, 2.24) is 0 Å². The third kappa shape index (κ3) is 14.7. The number of hydrogen-bond donors (Lipinski definition) is 0. The molecule has 0 radical (unpaired) electrons. The van der Waals surface area contributed by atoms with E-state index in [0.29, 0.717) is 12.6 Å². The molecule has 0 aromatic rings. The van der Waals surface area contributed by atoms with Crippen molar-refractivity contribution in [2.75, 3.05) is 6.54 Å². The summed E-state index contributed by atoms with van der Waals surface area (Å²) in [5.41, 5.74) is 14.0. The molecule has 0 aromatic carbocycles. The summed E-state index contributed by atoms with van der Waals surface area (Å²) in [6.07, 6.45) is 12.7. The Bertz CT molecular complexity index is 109. The van der Waals surface area contributed by atoms with Crippen LogP contribution in [0.1, 0.15) is 71.1 Å². The second-order valence-electron chi connectivity index (χ2n) is 4.50. The topological polar surface area (TPSA) is 47.6 Å². The molecule has 2 N–H and O–H groups in total. The molecule has 0 atom stereocenters. The maximum absolute atomic E-state index is 7.13. The first-order valence-corrected chi connectivity index (χ1v) is 6.67. The zero-order valence-corrected chi connectivity index (χ0v) is 12.1. The minimum atomic E-state index is 0. The van der Waals surface area contributed by atoms with Crippen LogP contribution in [0.2, 0.25) is 0 Å². The Morgan fingerprint density at radius 2 is 1.44 bits per heavy atom. The zero-order valence-electron chi connectivity index (χ0n) is 10.7. The summed E-state index contributed by atoms with van der Waals surface area (Å²) in [5.74, 6) is 0. The van der Waals surface area contributed by atoms with E-state index >= 15 is 0 Å². The Hall–Kier alpha value is 0.660. The van der Waals surface area contributed by atoms with Gasteiger partial charge in [0, 0.05) is 0 Å². The van der Waals surface area contributed by atoms with Crippen LogP contribution in [-0.4, -0.2) is 12.6 Å². The van der Waals surface area contributed by atoms with Crippen LogP contribution < -0.4 is 0 Å². The average Bonchev–Trinajstić information content (AvgIpc) is 2.70. The van der Waals surface area contributed by atoms with Crippen molar-refractivity contribution >= 4 is 0 Å². The Balaban J connectivity index is 0. The van der Waals surface area contributed by atoms with E-state index in [4.69, 9.17) is 11.5 Å². The number of rotatable bonds is 6. The molecule has 0 saturated heterocycles. The summed E-state index contributed by atoms with van der Waals surface area (Å²) in [6, 6.07) is 0.296. The van der Waals surface area contributed by atoms with Crippen LogP contribution in [0.3, 0.4) is 0 Å². The van der Waals surface area contributed by atoms with Crippen molar-refractivity contribution < 1.29 is 22.4 Å². The number of hydrogen-bond acceptors (Lipinski definition) is 0. The molecule has 2 nitrogen and oxygen atoms in total. The molecule has 1 aliphatic rings. The maximum atomic E-state index is 7.13. The summed E-state index contributed by atoms with van der Waals surface area (Å²) < 4.78 is 0. The van der Waals surface area contributed by atoms with Gasteiger partial charge in [-0.05, 0) is 0 Å². The fraction of sp³-hybridized carbons (Fsp3) is 1.00. The van der Waals surface area contributed by atoms with E-state index in [-0.39, 0.29) is 22.4 Å². The van der Waals surface area contributed by atoms with Gasteiger partial charge in [0.15, 0.2) is 0 Å². The molecular weight excluding hydrogens is 292 g/mol. The quantitative estimate of drug-likeness (QED) is 0.466. The van der Waals surface area contributed by atoms with Crippen LogP contribution in [0, 0.1) is 0 Å². The van der Waals surface area contributed by atoms with E-state index in [0.717, 1.165) is 19.3 Å². The molecule has 0 aliphatic heterocycles. The standard InChI is InChI=1S/C8H18N.C5H10N.Ag/c1-2-3-4-5-6-7-8-9;6-5-3-1-2-4-5;/h9H,2-8H2,1H3;5-6H,1-4H2;/q2*-1;+1. The first-order valence-electron chi connectivity index (χ1n) is 6.67. The molecule has 0 amide bonds. The summed E-state index contributed by atoms with van der Waals surface area (Å²) in [6.45, 7) is 2.84. The third-order valence-corrected chi connectivity index (χ3v) is 2.89. The van der Waals surface area contributed by atoms with Crippen LogP contribution in [0.15, 0.2) is 0 Å². The molecule has 1 aliphatic carbocycles. The van der Waals surface area contributed by atoms with Crippen LogP contribution in [-0.2, 0) is 22.4 Å². The molecular formula is C13H28AgN2-. The van der Waals surface area contributed by atoms with Gasteiger partial charge in [-0.15, -0.1) is 6.04 Å². The average molecular weight is 320 g/mol. The van der Waals surface area contributed by atoms with Crippen molar-refractivity contribution in [2.45, 2.75) is 77.2 Å². The van der Waals surface area contributed by atoms with E-state index in [9.17, 15) is 0 Å². The monoisotopic (exact) mass is 319 g/mol. The van der Waals surface area contributed by atoms with E-state index in [1.165, 1.54) is 44.9 Å². The third-order valence-electron chi connectivity index (χ3n) is 2.89. The van der Waals surface area contributed by atoms with Gasteiger partial charge < -0.3 is 11.5 Å². The van der Waals surface area contributed by atoms with Crippen molar-refractivity contribution in [3.8, 4) is 0 Å². The summed E-state index contributed by atoms with van der Waals surface area (Å²) >= 11 is 0. The Labute approximate surface area is 117 Å². The minimum absolute atomic E-state index is 0. The summed E-state index contributed by atoms with van der Waals surface area (Å²) in [4.78, 5) is 0. The van der Waals surface area contributed by atoms with E-state index in [1.807, 2.05) is 0 Å². The predicted octanol–water partition coefficient (Wildman–Crippen LogP) is 5.38. The smallest absolute Gasteiger partial charge is 0.677 e. The van der Waals surface area contributed by atoms with Gasteiger partial charge in [-0.25, -0.2) is 0 Å². The van der Waals surface area contributed by atoms with Gasteiger partial charge in [0.1, 0.15) is 0 Å². The van der Waals surface area contributed by atoms with Crippen molar-refractivity contribution in [1.29, 1.82) is 0 Å². The van der Waals surface area contributed by atoms with Crippen molar-refractivity contribution in [3.63, 3.8) is 0 Å². The van der Waals surface area contributed by atoms with Gasteiger partial charge >= 0.3 is 22.4 Å². The number of unbranched alkanes of at least 4 members (excludes halogenated alkanes) is 5. The Kier molecular flexibility index (Phi) is 18.6. The molecule has 0 aromatic heterocycles. The van der Waals surface area contributed by atoms with Crippen molar-refractivity contribution in [2.24, 2.45) is 0 Å². The Morgan fingerprint density at radius 3 is 1.81 bits per heavy atom. The summed E-state index contributed by atoms with van der Waals surface area (Å²) in [5, 5.41) is 0. The predicted molar refractivity (Wildman–Crippen MR) is 69.1 cm³/mol. The largest absolute Gasteiger partial charge is 1.00 e. The molecule has 3 heteroatoms. The van der Waals surface area contributed by atoms with Crippen LogP contribution >= 0.6 is 0 Å². The molecule has 1 fully saturated rings. The summed E-state index contributed by atoms with van der Waals surface area (Å²) in [7, 11) is 0. The fourth-order valence-electron chi connectivity index (χ4n) is 1.83. The van der Waals surface area contributed by atoms with Gasteiger partial charge in [-0.3, -0.25) is 0 Å². The number of nitrogens with one attached hydrogen (secondary N) is 2. The molecule has 1 saturated carbocycles. The zero-order chi connectivity index (χ0) is 11.4. The second-order valence-corrected chi connectivity index (χ2v) is 4.50. The van der Waals surface area contributed by atoms with Gasteiger partial charge in [-0.1, -0.05) is 71.1 Å². The molecule has 102 valence electrons. The fourth-order valence-corrected chi connectivity index (χ4v) is 1.83. The van der Waals surface area contributed by atoms with Gasteiger partial charge in [0.25, 0.3) is 0 Å². The van der Waals surface area contributed by atoms with Crippen LogP contribution in [0.25, 0.3) is 11.5 Å². The molecule has 0 unspecified atom stereocenters. The molecule has 16 heavy (non-hydrogen) atoms. The van der Waals surface area contributed by atoms with E-state index in [2.05, 4.69) is 6.92 Å². The van der Waals surface area contributed by atoms with Gasteiger partial charge in [0.2, 0.25) is 0 Å². The molecule has 0 heterocycles. The minimum Gasteiger partial charge on any atom is -0.677 e. The van der Waals surface area contributed by atoms with Gasteiger partial charge in [0.05, 0.1) is 0 Å².